The highest BCUT2D eigenvalue weighted by molar-refractivity contribution is 4.80. The molecule has 2 heteroatoms. The van der Waals surface area contributed by atoms with Crippen molar-refractivity contribution in [3.05, 3.63) is 0 Å². The van der Waals surface area contributed by atoms with Crippen LogP contribution in [0.1, 0.15) is 54.4 Å². The lowest BCUT2D eigenvalue weighted by atomic mass is 9.86. The number of hydrogen-bond donors (Lipinski definition) is 1. The topological polar surface area (TPSA) is 15.3 Å². The Kier molecular flexibility index (Phi) is 8.04. The van der Waals surface area contributed by atoms with Gasteiger partial charge in [0.15, 0.2) is 0 Å². The molecular weight excluding hydrogens is 196 g/mol. The molecule has 0 aromatic heterocycles. The predicted octanol–water partition coefficient (Wildman–Crippen LogP) is 3.13. The molecule has 0 saturated carbocycles. The summed E-state index contributed by atoms with van der Waals surface area (Å²) in [5.74, 6) is 0. The Morgan fingerprint density at radius 3 is 2.19 bits per heavy atom. The van der Waals surface area contributed by atoms with Crippen molar-refractivity contribution in [3.8, 4) is 0 Å². The Bertz CT molecular complexity index is 168. The number of rotatable bonds is 9. The maximum atomic E-state index is 3.50. The second kappa shape index (κ2) is 8.08. The molecule has 1 unspecified atom stereocenters. The minimum Gasteiger partial charge on any atom is -0.316 e. The first-order valence-electron chi connectivity index (χ1n) is 6.93. The summed E-state index contributed by atoms with van der Waals surface area (Å²) in [6.07, 6.45) is 2.49. The molecule has 0 spiro atoms. The van der Waals surface area contributed by atoms with Crippen molar-refractivity contribution in [2.24, 2.45) is 5.41 Å². The van der Waals surface area contributed by atoms with Crippen molar-refractivity contribution in [2.45, 2.75) is 60.4 Å². The van der Waals surface area contributed by atoms with Crippen LogP contribution < -0.4 is 5.32 Å². The molecule has 1 N–H and O–H groups in total. The molecule has 0 aliphatic heterocycles. The SMILES string of the molecule is CCCN(CC(C)(CC)CNCC)C(C)C. The molecule has 0 rings (SSSR count). The maximum absolute atomic E-state index is 3.50. The summed E-state index contributed by atoms with van der Waals surface area (Å²) in [7, 11) is 0. The van der Waals surface area contributed by atoms with Gasteiger partial charge in [-0.3, -0.25) is 0 Å². The molecule has 0 radical (unpaired) electrons. The first-order valence-corrected chi connectivity index (χ1v) is 6.93. The van der Waals surface area contributed by atoms with E-state index in [-0.39, 0.29) is 0 Å². The fourth-order valence-corrected chi connectivity index (χ4v) is 2.02. The van der Waals surface area contributed by atoms with Gasteiger partial charge in [-0.1, -0.05) is 27.7 Å². The Labute approximate surface area is 103 Å². The van der Waals surface area contributed by atoms with Crippen LogP contribution in [0.15, 0.2) is 0 Å². The minimum atomic E-state index is 0.412. The lowest BCUT2D eigenvalue weighted by Gasteiger charge is -2.37. The Balaban J connectivity index is 4.33. The van der Waals surface area contributed by atoms with E-state index in [1.807, 2.05) is 0 Å². The summed E-state index contributed by atoms with van der Waals surface area (Å²) in [5.41, 5.74) is 0.412. The molecule has 0 amide bonds. The summed E-state index contributed by atoms with van der Waals surface area (Å²) in [6, 6.07) is 0.660. The fourth-order valence-electron chi connectivity index (χ4n) is 2.02. The Morgan fingerprint density at radius 2 is 1.81 bits per heavy atom. The number of nitrogens with one attached hydrogen (secondary N) is 1. The molecule has 0 aromatic rings. The van der Waals surface area contributed by atoms with Gasteiger partial charge in [-0.25, -0.2) is 0 Å². The van der Waals surface area contributed by atoms with E-state index in [0.717, 1.165) is 13.1 Å². The average Bonchev–Trinajstić information content (AvgIpc) is 2.26. The van der Waals surface area contributed by atoms with Gasteiger partial charge in [-0.15, -0.1) is 0 Å². The van der Waals surface area contributed by atoms with E-state index in [9.17, 15) is 0 Å². The molecule has 0 fully saturated rings. The molecule has 0 aliphatic rings. The van der Waals surface area contributed by atoms with Gasteiger partial charge >= 0.3 is 0 Å². The first kappa shape index (κ1) is 15.9. The molecule has 0 bridgehead atoms. The zero-order valence-electron chi connectivity index (χ0n) is 12.3. The van der Waals surface area contributed by atoms with Gasteiger partial charge in [0, 0.05) is 19.1 Å². The average molecular weight is 228 g/mol. The van der Waals surface area contributed by atoms with Crippen LogP contribution in [-0.2, 0) is 0 Å². The van der Waals surface area contributed by atoms with Crippen LogP contribution in [0.3, 0.4) is 0 Å². The Hall–Kier alpha value is -0.0800. The van der Waals surface area contributed by atoms with Gasteiger partial charge < -0.3 is 10.2 Å². The summed E-state index contributed by atoms with van der Waals surface area (Å²) in [6.45, 7) is 18.4. The van der Waals surface area contributed by atoms with Crippen molar-refractivity contribution < 1.29 is 0 Å². The van der Waals surface area contributed by atoms with Gasteiger partial charge in [0.25, 0.3) is 0 Å². The van der Waals surface area contributed by atoms with Crippen molar-refractivity contribution in [1.82, 2.24) is 10.2 Å². The molecule has 0 aromatic carbocycles. The van der Waals surface area contributed by atoms with Gasteiger partial charge in [-0.2, -0.15) is 0 Å². The standard InChI is InChI=1S/C14H32N2/c1-7-10-16(13(4)5)12-14(6,8-2)11-15-9-3/h13,15H,7-12H2,1-6H3. The Morgan fingerprint density at radius 1 is 1.19 bits per heavy atom. The smallest absolute Gasteiger partial charge is 0.00501 e. The van der Waals surface area contributed by atoms with E-state index in [0.29, 0.717) is 11.5 Å². The fraction of sp³-hybridized carbons (Fsp3) is 1.00. The van der Waals surface area contributed by atoms with Crippen LogP contribution in [0.4, 0.5) is 0 Å². The van der Waals surface area contributed by atoms with Crippen molar-refractivity contribution in [2.75, 3.05) is 26.2 Å². The van der Waals surface area contributed by atoms with Crippen molar-refractivity contribution in [3.63, 3.8) is 0 Å². The number of hydrogen-bond acceptors (Lipinski definition) is 2. The molecule has 0 aliphatic carbocycles. The third-order valence-electron chi connectivity index (χ3n) is 3.48. The van der Waals surface area contributed by atoms with Gasteiger partial charge in [0.2, 0.25) is 0 Å². The zero-order chi connectivity index (χ0) is 12.6. The third kappa shape index (κ3) is 5.86. The molecule has 16 heavy (non-hydrogen) atoms. The van der Waals surface area contributed by atoms with Crippen molar-refractivity contribution in [1.29, 1.82) is 0 Å². The van der Waals surface area contributed by atoms with Crippen LogP contribution in [0.25, 0.3) is 0 Å². The number of nitrogens with zero attached hydrogens (tertiary/aromatic N) is 1. The molecule has 98 valence electrons. The monoisotopic (exact) mass is 228 g/mol. The van der Waals surface area contributed by atoms with Crippen LogP contribution in [0, 0.1) is 5.41 Å². The molecule has 1 atom stereocenters. The van der Waals surface area contributed by atoms with Crippen LogP contribution in [0.2, 0.25) is 0 Å². The van der Waals surface area contributed by atoms with Crippen LogP contribution >= 0.6 is 0 Å². The highest BCUT2D eigenvalue weighted by Gasteiger charge is 2.25. The van der Waals surface area contributed by atoms with Gasteiger partial charge in [-0.05, 0) is 45.2 Å². The largest absolute Gasteiger partial charge is 0.316 e. The van der Waals surface area contributed by atoms with E-state index in [4.69, 9.17) is 0 Å². The predicted molar refractivity (Wildman–Crippen MR) is 73.9 cm³/mol. The molecule has 2 nitrogen and oxygen atoms in total. The molecular formula is C14H32N2. The maximum Gasteiger partial charge on any atom is 0.00501 e. The summed E-state index contributed by atoms with van der Waals surface area (Å²) in [5, 5.41) is 3.50. The summed E-state index contributed by atoms with van der Waals surface area (Å²) >= 11 is 0. The summed E-state index contributed by atoms with van der Waals surface area (Å²) < 4.78 is 0. The summed E-state index contributed by atoms with van der Waals surface area (Å²) in [4.78, 5) is 2.61. The molecule has 0 heterocycles. The second-order valence-electron chi connectivity index (χ2n) is 5.51. The van der Waals surface area contributed by atoms with E-state index in [1.165, 1.54) is 25.9 Å². The first-order chi connectivity index (χ1) is 7.49. The van der Waals surface area contributed by atoms with Crippen LogP contribution in [-0.4, -0.2) is 37.1 Å². The zero-order valence-corrected chi connectivity index (χ0v) is 12.3. The third-order valence-corrected chi connectivity index (χ3v) is 3.48. The lowest BCUT2D eigenvalue weighted by molar-refractivity contribution is 0.127. The van der Waals surface area contributed by atoms with E-state index < -0.39 is 0 Å². The second-order valence-corrected chi connectivity index (χ2v) is 5.51. The lowest BCUT2D eigenvalue weighted by Crippen LogP contribution is -2.44. The minimum absolute atomic E-state index is 0.412. The van der Waals surface area contributed by atoms with Crippen molar-refractivity contribution >= 4 is 0 Å². The highest BCUT2D eigenvalue weighted by atomic mass is 15.2. The molecule has 0 saturated heterocycles. The van der Waals surface area contributed by atoms with Crippen LogP contribution in [0.5, 0.6) is 0 Å². The normalized spacial score (nSPS) is 15.8. The van der Waals surface area contributed by atoms with E-state index >= 15 is 0 Å². The van der Waals surface area contributed by atoms with Gasteiger partial charge in [0.1, 0.15) is 0 Å². The quantitative estimate of drug-likeness (QED) is 0.652. The van der Waals surface area contributed by atoms with E-state index in [1.54, 1.807) is 0 Å². The van der Waals surface area contributed by atoms with Gasteiger partial charge in [0.05, 0.1) is 0 Å². The highest BCUT2D eigenvalue weighted by Crippen LogP contribution is 2.22. The van der Waals surface area contributed by atoms with E-state index in [2.05, 4.69) is 51.8 Å².